The average molecular weight is 226 g/mol. The van der Waals surface area contributed by atoms with E-state index in [1.165, 1.54) is 0 Å². The summed E-state index contributed by atoms with van der Waals surface area (Å²) in [5.41, 5.74) is 1.10. The summed E-state index contributed by atoms with van der Waals surface area (Å²) in [6, 6.07) is 2.27. The third kappa shape index (κ3) is 1.93. The molecule has 2 rings (SSSR count). The van der Waals surface area contributed by atoms with Crippen LogP contribution < -0.4 is 5.32 Å². The summed E-state index contributed by atoms with van der Waals surface area (Å²) in [5.74, 6) is 0.705. The van der Waals surface area contributed by atoms with Crippen LogP contribution in [0.2, 0.25) is 0 Å². The fraction of sp³-hybridized carbons (Fsp3) is 0.636. The van der Waals surface area contributed by atoms with Crippen LogP contribution in [0.1, 0.15) is 26.0 Å². The Morgan fingerprint density at radius 3 is 2.80 bits per heavy atom. The van der Waals surface area contributed by atoms with Gasteiger partial charge in [-0.1, -0.05) is 13.8 Å². The Bertz CT molecular complexity index is 365. The van der Waals surface area contributed by atoms with E-state index in [1.54, 1.807) is 6.20 Å². The van der Waals surface area contributed by atoms with E-state index in [9.17, 15) is 0 Å². The molecule has 1 saturated carbocycles. The lowest BCUT2D eigenvalue weighted by Gasteiger charge is -2.49. The van der Waals surface area contributed by atoms with Gasteiger partial charge in [-0.3, -0.25) is 0 Å². The summed E-state index contributed by atoms with van der Waals surface area (Å²) in [7, 11) is 0. The van der Waals surface area contributed by atoms with Gasteiger partial charge in [-0.15, -0.1) is 11.6 Å². The predicted octanol–water partition coefficient (Wildman–Crippen LogP) is 2.60. The molecule has 1 heterocycles. The van der Waals surface area contributed by atoms with Gasteiger partial charge in [-0.25, -0.2) is 9.97 Å². The van der Waals surface area contributed by atoms with E-state index in [1.807, 2.05) is 13.0 Å². The van der Waals surface area contributed by atoms with E-state index in [-0.39, 0.29) is 10.8 Å². The van der Waals surface area contributed by atoms with Crippen LogP contribution in [0.25, 0.3) is 0 Å². The van der Waals surface area contributed by atoms with Crippen molar-refractivity contribution in [3.05, 3.63) is 18.0 Å². The topological polar surface area (TPSA) is 37.8 Å². The molecule has 1 aromatic heterocycles. The third-order valence-corrected chi connectivity index (χ3v) is 3.99. The molecule has 1 aliphatic carbocycles. The lowest BCUT2D eigenvalue weighted by molar-refractivity contribution is 0.167. The number of nitrogens with one attached hydrogen (secondary N) is 1. The normalized spacial score (nSPS) is 28.3. The highest BCUT2D eigenvalue weighted by molar-refractivity contribution is 6.21. The second-order valence-electron chi connectivity index (χ2n) is 4.74. The van der Waals surface area contributed by atoms with Crippen LogP contribution >= 0.6 is 11.6 Å². The summed E-state index contributed by atoms with van der Waals surface area (Å²) < 4.78 is 0. The lowest BCUT2D eigenvalue weighted by Crippen LogP contribution is -2.54. The minimum Gasteiger partial charge on any atom is -0.351 e. The Balaban J connectivity index is 2.05. The summed E-state index contributed by atoms with van der Waals surface area (Å²) in [6.07, 6.45) is 2.75. The summed E-state index contributed by atoms with van der Waals surface area (Å²) in [5, 5.41) is 3.58. The maximum Gasteiger partial charge on any atom is 0.223 e. The highest BCUT2D eigenvalue weighted by Gasteiger charge is 2.47. The number of hydrogen-bond donors (Lipinski definition) is 1. The largest absolute Gasteiger partial charge is 0.351 e. The molecule has 82 valence electrons. The van der Waals surface area contributed by atoms with E-state index in [0.29, 0.717) is 12.0 Å². The smallest absolute Gasteiger partial charge is 0.223 e. The van der Waals surface area contributed by atoms with Crippen molar-refractivity contribution in [2.45, 2.75) is 38.6 Å². The van der Waals surface area contributed by atoms with Crippen LogP contribution in [-0.2, 0) is 0 Å². The van der Waals surface area contributed by atoms with Gasteiger partial charge in [0.2, 0.25) is 5.95 Å². The van der Waals surface area contributed by atoms with Gasteiger partial charge in [-0.05, 0) is 19.4 Å². The number of rotatable bonds is 2. The molecule has 0 bridgehead atoms. The van der Waals surface area contributed by atoms with E-state index >= 15 is 0 Å². The molecule has 1 aliphatic rings. The molecule has 2 atom stereocenters. The Labute approximate surface area is 95.3 Å². The van der Waals surface area contributed by atoms with Gasteiger partial charge in [0.25, 0.3) is 0 Å². The Kier molecular flexibility index (Phi) is 2.59. The van der Waals surface area contributed by atoms with Gasteiger partial charge < -0.3 is 5.32 Å². The fourth-order valence-corrected chi connectivity index (χ4v) is 2.12. The highest BCUT2D eigenvalue weighted by atomic mass is 35.5. The highest BCUT2D eigenvalue weighted by Crippen LogP contribution is 2.45. The molecule has 1 aromatic rings. The van der Waals surface area contributed by atoms with Crippen molar-refractivity contribution in [3.63, 3.8) is 0 Å². The number of hydrogen-bond acceptors (Lipinski definition) is 3. The van der Waals surface area contributed by atoms with Crippen molar-refractivity contribution in [2.75, 3.05) is 5.32 Å². The number of alkyl halides is 1. The molecule has 0 spiro atoms. The molecular formula is C11H16ClN3. The van der Waals surface area contributed by atoms with Crippen LogP contribution in [0, 0.1) is 12.3 Å². The van der Waals surface area contributed by atoms with E-state index in [2.05, 4.69) is 29.1 Å². The molecule has 4 heteroatoms. The zero-order valence-corrected chi connectivity index (χ0v) is 10.0. The van der Waals surface area contributed by atoms with Crippen LogP contribution in [-0.4, -0.2) is 21.4 Å². The molecule has 0 radical (unpaired) electrons. The van der Waals surface area contributed by atoms with E-state index < -0.39 is 0 Å². The van der Waals surface area contributed by atoms with Crippen LogP contribution in [0.5, 0.6) is 0 Å². The maximum atomic E-state index is 6.15. The van der Waals surface area contributed by atoms with Crippen LogP contribution in [0.3, 0.4) is 0 Å². The number of halogens is 1. The number of aromatic nitrogens is 2. The average Bonchev–Trinajstić information content (AvgIpc) is 2.17. The van der Waals surface area contributed by atoms with Gasteiger partial charge in [0.1, 0.15) is 0 Å². The van der Waals surface area contributed by atoms with Gasteiger partial charge in [0.05, 0.1) is 0 Å². The van der Waals surface area contributed by atoms with E-state index in [4.69, 9.17) is 11.6 Å². The van der Waals surface area contributed by atoms with Gasteiger partial charge in [0.15, 0.2) is 0 Å². The SMILES string of the molecule is Cc1ccnc(NC2CC(Cl)C2(C)C)n1. The van der Waals surface area contributed by atoms with Crippen molar-refractivity contribution in [1.82, 2.24) is 9.97 Å². The van der Waals surface area contributed by atoms with Gasteiger partial charge in [-0.2, -0.15) is 0 Å². The minimum absolute atomic E-state index is 0.120. The minimum atomic E-state index is 0.120. The fourth-order valence-electron chi connectivity index (χ4n) is 1.79. The zero-order chi connectivity index (χ0) is 11.1. The first-order chi connectivity index (χ1) is 7.00. The summed E-state index contributed by atoms with van der Waals surface area (Å²) in [4.78, 5) is 8.51. The van der Waals surface area contributed by atoms with Crippen molar-refractivity contribution in [2.24, 2.45) is 5.41 Å². The second-order valence-corrected chi connectivity index (χ2v) is 5.27. The number of nitrogens with zero attached hydrogens (tertiary/aromatic N) is 2. The van der Waals surface area contributed by atoms with Crippen molar-refractivity contribution in [3.8, 4) is 0 Å². The van der Waals surface area contributed by atoms with Gasteiger partial charge >= 0.3 is 0 Å². The molecule has 2 unspecified atom stereocenters. The predicted molar refractivity (Wildman–Crippen MR) is 62.2 cm³/mol. The molecule has 0 amide bonds. The monoisotopic (exact) mass is 225 g/mol. The molecule has 1 N–H and O–H groups in total. The Hall–Kier alpha value is -0.830. The van der Waals surface area contributed by atoms with Crippen LogP contribution in [0.15, 0.2) is 12.3 Å². The maximum absolute atomic E-state index is 6.15. The molecule has 0 aromatic carbocycles. The van der Waals surface area contributed by atoms with Crippen LogP contribution in [0.4, 0.5) is 5.95 Å². The van der Waals surface area contributed by atoms with Crippen molar-refractivity contribution in [1.29, 1.82) is 0 Å². The van der Waals surface area contributed by atoms with Gasteiger partial charge in [0, 0.05) is 28.7 Å². The molecule has 3 nitrogen and oxygen atoms in total. The lowest BCUT2D eigenvalue weighted by atomic mass is 9.67. The Morgan fingerprint density at radius 1 is 1.53 bits per heavy atom. The summed E-state index contributed by atoms with van der Waals surface area (Å²) >= 11 is 6.15. The molecular weight excluding hydrogens is 210 g/mol. The first-order valence-electron chi connectivity index (χ1n) is 5.20. The number of anilines is 1. The third-order valence-electron chi connectivity index (χ3n) is 3.25. The summed E-state index contributed by atoms with van der Waals surface area (Å²) in [6.45, 7) is 6.30. The Morgan fingerprint density at radius 2 is 2.27 bits per heavy atom. The first kappa shape index (κ1) is 10.7. The molecule has 15 heavy (non-hydrogen) atoms. The quantitative estimate of drug-likeness (QED) is 0.787. The zero-order valence-electron chi connectivity index (χ0n) is 9.29. The van der Waals surface area contributed by atoms with Crippen molar-refractivity contribution >= 4 is 17.5 Å². The number of aryl methyl sites for hydroxylation is 1. The standard InChI is InChI=1S/C11H16ClN3/c1-7-4-5-13-10(14-7)15-9-6-8(12)11(9,2)3/h4-5,8-9H,6H2,1-3H3,(H,13,14,15). The molecule has 1 fully saturated rings. The molecule has 0 aliphatic heterocycles. The first-order valence-corrected chi connectivity index (χ1v) is 5.64. The second kappa shape index (κ2) is 3.63. The van der Waals surface area contributed by atoms with Crippen molar-refractivity contribution < 1.29 is 0 Å². The molecule has 0 saturated heterocycles. The van der Waals surface area contributed by atoms with E-state index in [0.717, 1.165) is 12.1 Å².